The maximum atomic E-state index is 5.35. The number of halogens is 2. The topological polar surface area (TPSA) is 67.6 Å². The molecule has 0 unspecified atom stereocenters. The van der Waals surface area contributed by atoms with E-state index in [0.29, 0.717) is 17.4 Å². The minimum absolute atomic E-state index is 0.404. The van der Waals surface area contributed by atoms with Crippen molar-refractivity contribution < 1.29 is 4.52 Å². The SMILES string of the molecule is Brc1ccc(-c2noc(-c3cc(-c4cccc(Br)c4)n[nH]3)n2)cc1. The molecule has 1 N–H and O–H groups in total. The fourth-order valence-corrected chi connectivity index (χ4v) is 2.94. The standard InChI is InChI=1S/C17H10Br2N4O/c18-12-6-4-10(5-7-12)16-20-17(24-23-16)15-9-14(21-22-15)11-2-1-3-13(19)8-11/h1-9H,(H,21,22). The van der Waals surface area contributed by atoms with Crippen LogP contribution in [0.25, 0.3) is 34.2 Å². The zero-order valence-electron chi connectivity index (χ0n) is 12.2. The molecule has 0 aliphatic heterocycles. The molecule has 0 saturated heterocycles. The summed E-state index contributed by atoms with van der Waals surface area (Å²) in [7, 11) is 0. The Bertz CT molecular complexity index is 992. The summed E-state index contributed by atoms with van der Waals surface area (Å²) < 4.78 is 7.36. The lowest BCUT2D eigenvalue weighted by atomic mass is 10.1. The first-order valence-electron chi connectivity index (χ1n) is 7.10. The molecule has 0 fully saturated rings. The molecule has 2 aromatic heterocycles. The number of H-pyrrole nitrogens is 1. The summed E-state index contributed by atoms with van der Waals surface area (Å²) in [6, 6.07) is 17.6. The summed E-state index contributed by atoms with van der Waals surface area (Å²) >= 11 is 6.87. The van der Waals surface area contributed by atoms with Crippen LogP contribution in [0.5, 0.6) is 0 Å². The number of benzene rings is 2. The lowest BCUT2D eigenvalue weighted by Crippen LogP contribution is -1.81. The quantitative estimate of drug-likeness (QED) is 0.463. The number of nitrogens with one attached hydrogen (secondary N) is 1. The summed E-state index contributed by atoms with van der Waals surface area (Å²) in [5, 5.41) is 11.3. The molecule has 0 amide bonds. The van der Waals surface area contributed by atoms with E-state index in [1.54, 1.807) is 0 Å². The molecule has 2 heterocycles. The normalized spacial score (nSPS) is 10.9. The van der Waals surface area contributed by atoms with Gasteiger partial charge in [0.05, 0.1) is 5.69 Å². The van der Waals surface area contributed by atoms with Crippen molar-refractivity contribution >= 4 is 31.9 Å². The molecule has 0 atom stereocenters. The van der Waals surface area contributed by atoms with Gasteiger partial charge in [-0.1, -0.05) is 49.1 Å². The highest BCUT2D eigenvalue weighted by atomic mass is 79.9. The van der Waals surface area contributed by atoms with Gasteiger partial charge in [0.25, 0.3) is 5.89 Å². The molecule has 118 valence electrons. The van der Waals surface area contributed by atoms with Gasteiger partial charge < -0.3 is 4.52 Å². The number of hydrogen-bond acceptors (Lipinski definition) is 4. The number of rotatable bonds is 3. The highest BCUT2D eigenvalue weighted by Crippen LogP contribution is 2.26. The van der Waals surface area contributed by atoms with E-state index in [1.165, 1.54) is 0 Å². The van der Waals surface area contributed by atoms with Crippen molar-refractivity contribution in [2.45, 2.75) is 0 Å². The van der Waals surface area contributed by atoms with E-state index in [2.05, 4.69) is 52.2 Å². The fraction of sp³-hybridized carbons (Fsp3) is 0. The van der Waals surface area contributed by atoms with Crippen molar-refractivity contribution in [3.05, 3.63) is 63.5 Å². The lowest BCUT2D eigenvalue weighted by molar-refractivity contribution is 0.431. The van der Waals surface area contributed by atoms with Crippen LogP contribution in [-0.4, -0.2) is 20.3 Å². The van der Waals surface area contributed by atoms with Gasteiger partial charge >= 0.3 is 0 Å². The first-order valence-corrected chi connectivity index (χ1v) is 8.69. The smallest absolute Gasteiger partial charge is 0.276 e. The summed E-state index contributed by atoms with van der Waals surface area (Å²) in [5.41, 5.74) is 3.38. The monoisotopic (exact) mass is 444 g/mol. The molecule has 0 aliphatic rings. The third-order valence-electron chi connectivity index (χ3n) is 3.46. The number of aromatic amines is 1. The number of nitrogens with zero attached hydrogens (tertiary/aromatic N) is 3. The second-order valence-electron chi connectivity index (χ2n) is 5.11. The van der Waals surface area contributed by atoms with Crippen LogP contribution < -0.4 is 0 Å². The van der Waals surface area contributed by atoms with Crippen molar-refractivity contribution in [2.75, 3.05) is 0 Å². The molecule has 0 radical (unpaired) electrons. The highest BCUT2D eigenvalue weighted by molar-refractivity contribution is 9.10. The van der Waals surface area contributed by atoms with Crippen molar-refractivity contribution in [2.24, 2.45) is 0 Å². The van der Waals surface area contributed by atoms with E-state index >= 15 is 0 Å². The molecule has 7 heteroatoms. The van der Waals surface area contributed by atoms with Gasteiger partial charge in [0.2, 0.25) is 5.82 Å². The zero-order chi connectivity index (χ0) is 16.5. The van der Waals surface area contributed by atoms with E-state index in [-0.39, 0.29) is 0 Å². The average molecular weight is 446 g/mol. The first kappa shape index (κ1) is 15.3. The third kappa shape index (κ3) is 3.05. The Kier molecular flexibility index (Phi) is 4.03. The van der Waals surface area contributed by atoms with Crippen molar-refractivity contribution in [3.63, 3.8) is 0 Å². The van der Waals surface area contributed by atoms with Crippen LogP contribution in [0.15, 0.2) is 68.1 Å². The largest absolute Gasteiger partial charge is 0.332 e. The van der Waals surface area contributed by atoms with E-state index in [4.69, 9.17) is 4.52 Å². The van der Waals surface area contributed by atoms with Crippen molar-refractivity contribution in [3.8, 4) is 34.2 Å². The molecule has 4 rings (SSSR count). The van der Waals surface area contributed by atoms with Gasteiger partial charge in [0, 0.05) is 20.1 Å². The predicted octanol–water partition coefficient (Wildman–Crippen LogP) is 5.32. The van der Waals surface area contributed by atoms with Gasteiger partial charge in [-0.2, -0.15) is 10.1 Å². The molecule has 24 heavy (non-hydrogen) atoms. The molecule has 2 aromatic carbocycles. The number of hydrogen-bond donors (Lipinski definition) is 1. The van der Waals surface area contributed by atoms with E-state index in [9.17, 15) is 0 Å². The van der Waals surface area contributed by atoms with Crippen LogP contribution in [0.2, 0.25) is 0 Å². The van der Waals surface area contributed by atoms with Crippen LogP contribution in [0.3, 0.4) is 0 Å². The van der Waals surface area contributed by atoms with Gasteiger partial charge in [-0.3, -0.25) is 5.10 Å². The Hall–Kier alpha value is -2.25. The Labute approximate surface area is 154 Å². The molecular formula is C17H10Br2N4O. The summed E-state index contributed by atoms with van der Waals surface area (Å²) in [6.07, 6.45) is 0. The summed E-state index contributed by atoms with van der Waals surface area (Å²) in [4.78, 5) is 4.43. The summed E-state index contributed by atoms with van der Waals surface area (Å²) in [6.45, 7) is 0. The second kappa shape index (κ2) is 6.33. The summed E-state index contributed by atoms with van der Waals surface area (Å²) in [5.74, 6) is 0.942. The minimum Gasteiger partial charge on any atom is -0.332 e. The van der Waals surface area contributed by atoms with Gasteiger partial charge in [0.1, 0.15) is 5.69 Å². The van der Waals surface area contributed by atoms with Gasteiger partial charge in [-0.05, 0) is 42.5 Å². The molecule has 0 spiro atoms. The molecule has 4 aromatic rings. The van der Waals surface area contributed by atoms with Crippen LogP contribution >= 0.6 is 31.9 Å². The van der Waals surface area contributed by atoms with Crippen molar-refractivity contribution in [1.82, 2.24) is 20.3 Å². The van der Waals surface area contributed by atoms with Crippen LogP contribution in [0.1, 0.15) is 0 Å². The maximum Gasteiger partial charge on any atom is 0.276 e. The molecule has 5 nitrogen and oxygen atoms in total. The molecule has 0 bridgehead atoms. The maximum absolute atomic E-state index is 5.35. The second-order valence-corrected chi connectivity index (χ2v) is 6.94. The van der Waals surface area contributed by atoms with Crippen molar-refractivity contribution in [1.29, 1.82) is 0 Å². The Morgan fingerprint density at radius 1 is 0.875 bits per heavy atom. The zero-order valence-corrected chi connectivity index (χ0v) is 15.4. The average Bonchev–Trinajstić information content (AvgIpc) is 3.25. The Morgan fingerprint density at radius 2 is 1.71 bits per heavy atom. The van der Waals surface area contributed by atoms with E-state index < -0.39 is 0 Å². The first-order chi connectivity index (χ1) is 11.7. The minimum atomic E-state index is 0.404. The van der Waals surface area contributed by atoms with E-state index in [0.717, 1.165) is 25.8 Å². The molecule has 0 aliphatic carbocycles. The van der Waals surface area contributed by atoms with Crippen LogP contribution in [0, 0.1) is 0 Å². The third-order valence-corrected chi connectivity index (χ3v) is 4.48. The van der Waals surface area contributed by atoms with Crippen LogP contribution in [0.4, 0.5) is 0 Å². The van der Waals surface area contributed by atoms with Crippen LogP contribution in [-0.2, 0) is 0 Å². The molecular weight excluding hydrogens is 436 g/mol. The van der Waals surface area contributed by atoms with Gasteiger partial charge in [0.15, 0.2) is 0 Å². The highest BCUT2D eigenvalue weighted by Gasteiger charge is 2.14. The number of aromatic nitrogens is 4. The predicted molar refractivity (Wildman–Crippen MR) is 98.2 cm³/mol. The van der Waals surface area contributed by atoms with Gasteiger partial charge in [-0.25, -0.2) is 0 Å². The Balaban J connectivity index is 1.65. The van der Waals surface area contributed by atoms with Gasteiger partial charge in [-0.15, -0.1) is 0 Å². The lowest BCUT2D eigenvalue weighted by Gasteiger charge is -1.95. The van der Waals surface area contributed by atoms with E-state index in [1.807, 2.05) is 54.6 Å². The fourth-order valence-electron chi connectivity index (χ4n) is 2.28. The Morgan fingerprint density at radius 3 is 2.50 bits per heavy atom. The molecule has 0 saturated carbocycles.